The van der Waals surface area contributed by atoms with Crippen molar-refractivity contribution in [2.75, 3.05) is 6.61 Å². The number of aromatic nitrogens is 2. The molecule has 0 spiro atoms. The van der Waals surface area contributed by atoms with E-state index in [0.29, 0.717) is 0 Å². The predicted molar refractivity (Wildman–Crippen MR) is 66.2 cm³/mol. The van der Waals surface area contributed by atoms with E-state index in [4.69, 9.17) is 4.74 Å². The highest BCUT2D eigenvalue weighted by Crippen LogP contribution is 2.07. The van der Waals surface area contributed by atoms with Gasteiger partial charge >= 0.3 is 0 Å². The van der Waals surface area contributed by atoms with E-state index < -0.39 is 0 Å². The highest BCUT2D eigenvalue weighted by atomic mass is 16.5. The minimum absolute atomic E-state index is 0.732. The molecule has 0 atom stereocenters. The van der Waals surface area contributed by atoms with Crippen LogP contribution >= 0.6 is 0 Å². The van der Waals surface area contributed by atoms with Crippen LogP contribution in [-0.2, 0) is 11.2 Å². The first-order valence-electron chi connectivity index (χ1n) is 5.64. The van der Waals surface area contributed by atoms with Crippen molar-refractivity contribution in [1.82, 2.24) is 9.97 Å². The van der Waals surface area contributed by atoms with Crippen LogP contribution in [0.1, 0.15) is 30.7 Å². The van der Waals surface area contributed by atoms with Crippen LogP contribution in [0.2, 0.25) is 0 Å². The summed E-state index contributed by atoms with van der Waals surface area (Å²) >= 11 is 0. The molecule has 0 amide bonds. The maximum atomic E-state index is 5.44. The lowest BCUT2D eigenvalue weighted by molar-refractivity contribution is 0.203. The number of H-pyrrole nitrogens is 1. The van der Waals surface area contributed by atoms with Gasteiger partial charge in [0.15, 0.2) is 0 Å². The van der Waals surface area contributed by atoms with Gasteiger partial charge in [-0.05, 0) is 26.2 Å². The van der Waals surface area contributed by atoms with E-state index in [-0.39, 0.29) is 0 Å². The monoisotopic (exact) mass is 220 g/mol. The van der Waals surface area contributed by atoms with E-state index in [2.05, 4.69) is 23.1 Å². The number of aryl methyl sites for hydroxylation is 2. The predicted octanol–water partition coefficient (Wildman–Crippen LogP) is 3.15. The quantitative estimate of drug-likeness (QED) is 0.415. The average molecular weight is 220 g/mol. The lowest BCUT2D eigenvalue weighted by Crippen LogP contribution is -1.96. The molecule has 16 heavy (non-hydrogen) atoms. The molecule has 0 fully saturated rings. The van der Waals surface area contributed by atoms with Crippen molar-refractivity contribution in [3.63, 3.8) is 0 Å². The topological polar surface area (TPSA) is 37.9 Å². The van der Waals surface area contributed by atoms with Crippen LogP contribution < -0.4 is 0 Å². The lowest BCUT2D eigenvalue weighted by atomic mass is 10.2. The summed E-state index contributed by atoms with van der Waals surface area (Å²) in [5.74, 6) is 0.797. The highest BCUT2D eigenvalue weighted by molar-refractivity contribution is 5.08. The van der Waals surface area contributed by atoms with Crippen LogP contribution in [-0.4, -0.2) is 16.6 Å². The molecule has 0 saturated carbocycles. The second-order valence-corrected chi connectivity index (χ2v) is 3.81. The van der Waals surface area contributed by atoms with Crippen molar-refractivity contribution in [1.29, 1.82) is 0 Å². The van der Waals surface area contributed by atoms with Gasteiger partial charge in [-0.3, -0.25) is 0 Å². The Labute approximate surface area is 97.2 Å². The summed E-state index contributed by atoms with van der Waals surface area (Å²) in [6, 6.07) is 0. The Hall–Kier alpha value is -1.51. The summed E-state index contributed by atoms with van der Waals surface area (Å²) in [5.41, 5.74) is 2.32. The van der Waals surface area contributed by atoms with Crippen LogP contribution in [0.25, 0.3) is 0 Å². The van der Waals surface area contributed by atoms with E-state index >= 15 is 0 Å². The minimum atomic E-state index is 0.732. The molecule has 0 unspecified atom stereocenters. The number of allylic oxidation sites excluding steroid dienone is 1. The van der Waals surface area contributed by atoms with E-state index in [0.717, 1.165) is 49.4 Å². The largest absolute Gasteiger partial charge is 0.498 e. The van der Waals surface area contributed by atoms with Gasteiger partial charge in [0.25, 0.3) is 0 Å². The van der Waals surface area contributed by atoms with Gasteiger partial charge in [-0.2, -0.15) is 0 Å². The molecule has 0 aliphatic rings. The molecular formula is C13H20N2O. The Morgan fingerprint density at radius 1 is 1.56 bits per heavy atom. The summed E-state index contributed by atoms with van der Waals surface area (Å²) in [6.07, 6.45) is 7.41. The standard InChI is InChI=1S/C13H20N2O/c1-4-7-11(2)16-9-6-5-8-13-12(3)14-10-15-13/h4,10H,1-2,5-9H2,3H3,(H,14,15). The maximum absolute atomic E-state index is 5.44. The van der Waals surface area contributed by atoms with E-state index in [1.54, 1.807) is 12.4 Å². The second kappa shape index (κ2) is 6.88. The number of ether oxygens (including phenoxy) is 1. The van der Waals surface area contributed by atoms with Gasteiger partial charge in [0, 0.05) is 12.1 Å². The van der Waals surface area contributed by atoms with E-state index in [9.17, 15) is 0 Å². The number of unbranched alkanes of at least 4 members (excludes halogenated alkanes) is 1. The second-order valence-electron chi connectivity index (χ2n) is 3.81. The molecular weight excluding hydrogens is 200 g/mol. The third-order valence-corrected chi connectivity index (χ3v) is 2.42. The number of hydrogen-bond acceptors (Lipinski definition) is 2. The number of imidazole rings is 1. The van der Waals surface area contributed by atoms with Gasteiger partial charge in [-0.25, -0.2) is 4.98 Å². The first-order chi connectivity index (χ1) is 7.74. The molecule has 3 nitrogen and oxygen atoms in total. The van der Waals surface area contributed by atoms with Crippen molar-refractivity contribution in [3.05, 3.63) is 42.7 Å². The van der Waals surface area contributed by atoms with Gasteiger partial charge in [0.2, 0.25) is 0 Å². The number of rotatable bonds is 8. The average Bonchev–Trinajstić information content (AvgIpc) is 2.64. The zero-order valence-corrected chi connectivity index (χ0v) is 9.96. The summed E-state index contributed by atoms with van der Waals surface area (Å²) in [5, 5.41) is 0. The van der Waals surface area contributed by atoms with Crippen LogP contribution in [0.3, 0.4) is 0 Å². The molecule has 0 radical (unpaired) electrons. The van der Waals surface area contributed by atoms with E-state index in [1.165, 1.54) is 0 Å². The number of nitrogens with zero attached hydrogens (tertiary/aromatic N) is 1. The summed E-state index contributed by atoms with van der Waals surface area (Å²) in [6.45, 7) is 10.2. The van der Waals surface area contributed by atoms with Crippen LogP contribution in [0, 0.1) is 6.92 Å². The Morgan fingerprint density at radius 2 is 2.38 bits per heavy atom. The molecule has 0 aromatic carbocycles. The van der Waals surface area contributed by atoms with Gasteiger partial charge < -0.3 is 9.72 Å². The Balaban J connectivity index is 2.06. The van der Waals surface area contributed by atoms with Gasteiger partial charge in [0.1, 0.15) is 0 Å². The summed E-state index contributed by atoms with van der Waals surface area (Å²) in [4.78, 5) is 7.33. The molecule has 1 aromatic heterocycles. The Bertz CT molecular complexity index is 341. The molecule has 0 bridgehead atoms. The zero-order valence-electron chi connectivity index (χ0n) is 9.96. The summed E-state index contributed by atoms with van der Waals surface area (Å²) < 4.78 is 5.44. The molecule has 0 aliphatic heterocycles. The van der Waals surface area contributed by atoms with Gasteiger partial charge in [-0.1, -0.05) is 12.7 Å². The number of nitrogens with one attached hydrogen (secondary N) is 1. The Kier molecular flexibility index (Phi) is 5.40. The molecule has 1 N–H and O–H groups in total. The fourth-order valence-corrected chi connectivity index (χ4v) is 1.47. The van der Waals surface area contributed by atoms with Crippen LogP contribution in [0.5, 0.6) is 0 Å². The molecule has 1 aromatic rings. The smallest absolute Gasteiger partial charge is 0.0925 e. The fourth-order valence-electron chi connectivity index (χ4n) is 1.47. The zero-order chi connectivity index (χ0) is 11.8. The molecule has 3 heteroatoms. The van der Waals surface area contributed by atoms with Crippen molar-refractivity contribution in [3.8, 4) is 0 Å². The molecule has 1 rings (SSSR count). The third-order valence-electron chi connectivity index (χ3n) is 2.42. The third kappa shape index (κ3) is 4.34. The van der Waals surface area contributed by atoms with E-state index in [1.807, 2.05) is 6.92 Å². The van der Waals surface area contributed by atoms with Gasteiger partial charge in [0.05, 0.1) is 24.4 Å². The normalized spacial score (nSPS) is 10.1. The molecule has 0 saturated heterocycles. The fraction of sp³-hybridized carbons (Fsp3) is 0.462. The highest BCUT2D eigenvalue weighted by Gasteiger charge is 2.00. The maximum Gasteiger partial charge on any atom is 0.0925 e. The van der Waals surface area contributed by atoms with Crippen molar-refractivity contribution in [2.45, 2.75) is 32.6 Å². The van der Waals surface area contributed by atoms with Crippen molar-refractivity contribution >= 4 is 0 Å². The lowest BCUT2D eigenvalue weighted by Gasteiger charge is -2.06. The molecule has 1 heterocycles. The first kappa shape index (κ1) is 12.6. The Morgan fingerprint density at radius 3 is 3.00 bits per heavy atom. The molecule has 88 valence electrons. The molecule has 0 aliphatic carbocycles. The minimum Gasteiger partial charge on any atom is -0.498 e. The SMILES string of the molecule is C=CCC(=C)OCCCCc1nc[nH]c1C. The van der Waals surface area contributed by atoms with Gasteiger partial charge in [-0.15, -0.1) is 6.58 Å². The first-order valence-corrected chi connectivity index (χ1v) is 5.64. The van der Waals surface area contributed by atoms with Crippen LogP contribution in [0.15, 0.2) is 31.3 Å². The summed E-state index contributed by atoms with van der Waals surface area (Å²) in [7, 11) is 0. The number of hydrogen-bond donors (Lipinski definition) is 1. The number of aromatic amines is 1. The van der Waals surface area contributed by atoms with Crippen molar-refractivity contribution in [2.24, 2.45) is 0 Å². The van der Waals surface area contributed by atoms with Crippen LogP contribution in [0.4, 0.5) is 0 Å². The van der Waals surface area contributed by atoms with Crippen molar-refractivity contribution < 1.29 is 4.74 Å².